The molecule has 8 nitrogen and oxygen atoms in total. The molecule has 1 N–H and O–H groups in total. The van der Waals surface area contributed by atoms with E-state index >= 15 is 0 Å². The highest BCUT2D eigenvalue weighted by molar-refractivity contribution is 8.05. The van der Waals surface area contributed by atoms with Gasteiger partial charge in [0.05, 0.1) is 6.54 Å². The molecule has 168 valence electrons. The molecule has 28 heavy (non-hydrogen) atoms. The Bertz CT molecular complexity index is 758. The topological polar surface area (TPSA) is 110 Å². The normalized spacial score (nSPS) is 15.5. The van der Waals surface area contributed by atoms with Crippen molar-refractivity contribution in [2.75, 3.05) is 19.6 Å². The van der Waals surface area contributed by atoms with Crippen LogP contribution in [0.15, 0.2) is 0 Å². The molecular formula is C10H14F8N2O6S2. The van der Waals surface area contributed by atoms with Crippen LogP contribution in [0.5, 0.6) is 0 Å². The lowest BCUT2D eigenvalue weighted by Crippen LogP contribution is -2.58. The molecule has 0 aromatic rings. The molecular weight excluding hydrogens is 460 g/mol. The lowest BCUT2D eigenvalue weighted by Gasteiger charge is -2.28. The number of sulfonamides is 2. The zero-order valence-corrected chi connectivity index (χ0v) is 15.6. The van der Waals surface area contributed by atoms with E-state index in [1.54, 1.807) is 0 Å². The second kappa shape index (κ2) is 8.62. The summed E-state index contributed by atoms with van der Waals surface area (Å²) < 4.78 is 150. The van der Waals surface area contributed by atoms with Crippen molar-refractivity contribution < 1.29 is 61.5 Å². The van der Waals surface area contributed by atoms with Gasteiger partial charge in [-0.05, 0) is 13.1 Å². The van der Waals surface area contributed by atoms with Gasteiger partial charge in [-0.15, -0.1) is 0 Å². The first-order valence-corrected chi connectivity index (χ1v) is 9.90. The number of likely N-dealkylation sites (N-methyl/N-ethyl adjacent to an activating group) is 1. The summed E-state index contributed by atoms with van der Waals surface area (Å²) in [5.41, 5.74) is -6.43. The molecule has 0 bridgehead atoms. The van der Waals surface area contributed by atoms with Gasteiger partial charge in [-0.3, -0.25) is 9.69 Å². The van der Waals surface area contributed by atoms with Crippen molar-refractivity contribution >= 4 is 26.0 Å². The first-order valence-electron chi connectivity index (χ1n) is 6.93. The minimum Gasteiger partial charge on any atom is -0.444 e. The fraction of sp³-hybridized carbons (Fsp3) is 0.900. The number of ether oxygens (including phenoxy) is 1. The molecule has 0 aromatic carbocycles. The zero-order chi connectivity index (χ0) is 22.8. The first-order chi connectivity index (χ1) is 12.2. The van der Waals surface area contributed by atoms with Gasteiger partial charge in [0.1, 0.15) is 0 Å². The van der Waals surface area contributed by atoms with Crippen LogP contribution >= 0.6 is 0 Å². The second-order valence-electron chi connectivity index (χ2n) is 4.97. The van der Waals surface area contributed by atoms with E-state index in [1.807, 2.05) is 0 Å². The molecule has 0 radical (unpaired) electrons. The van der Waals surface area contributed by atoms with E-state index in [0.29, 0.717) is 0 Å². The molecule has 0 amide bonds. The average Bonchev–Trinajstić information content (AvgIpc) is 2.46. The molecule has 18 heteroatoms. The number of esters is 1. The van der Waals surface area contributed by atoms with Crippen LogP contribution in [0.4, 0.5) is 35.1 Å². The summed E-state index contributed by atoms with van der Waals surface area (Å²) in [6, 6.07) is 0. The SMILES string of the molecule is CCN(CC)CC(=O)OC(C(F)(F)F)C(F)(F)S(=O)(=O)NS(=O)(=O)C(F)(F)F. The summed E-state index contributed by atoms with van der Waals surface area (Å²) >= 11 is 0. The van der Waals surface area contributed by atoms with Crippen LogP contribution in [-0.2, 0) is 29.6 Å². The molecule has 0 fully saturated rings. The summed E-state index contributed by atoms with van der Waals surface area (Å²) in [5, 5.41) is -6.32. The van der Waals surface area contributed by atoms with Gasteiger partial charge in [-0.25, -0.2) is 16.8 Å². The largest absolute Gasteiger partial charge is 0.512 e. The fourth-order valence-electron chi connectivity index (χ4n) is 1.51. The van der Waals surface area contributed by atoms with Gasteiger partial charge in [0.2, 0.25) is 0 Å². The lowest BCUT2D eigenvalue weighted by atomic mass is 10.3. The Hall–Kier alpha value is -1.27. The van der Waals surface area contributed by atoms with Crippen LogP contribution in [0.2, 0.25) is 0 Å². The molecule has 0 spiro atoms. The minimum atomic E-state index is -7.17. The maximum atomic E-state index is 13.8. The van der Waals surface area contributed by atoms with Crippen molar-refractivity contribution in [2.45, 2.75) is 36.9 Å². The molecule has 0 saturated carbocycles. The highest BCUT2D eigenvalue weighted by Gasteiger charge is 2.68. The third kappa shape index (κ3) is 6.38. The van der Waals surface area contributed by atoms with Crippen molar-refractivity contribution in [1.29, 1.82) is 0 Å². The van der Waals surface area contributed by atoms with E-state index < -0.39 is 59.7 Å². The van der Waals surface area contributed by atoms with Crippen LogP contribution in [-0.4, -0.2) is 70.4 Å². The van der Waals surface area contributed by atoms with E-state index in [9.17, 15) is 56.8 Å². The van der Waals surface area contributed by atoms with Crippen molar-refractivity contribution in [1.82, 2.24) is 9.03 Å². The van der Waals surface area contributed by atoms with Crippen LogP contribution < -0.4 is 4.13 Å². The molecule has 0 aliphatic carbocycles. The van der Waals surface area contributed by atoms with Crippen molar-refractivity contribution in [2.24, 2.45) is 0 Å². The number of halogens is 8. The van der Waals surface area contributed by atoms with E-state index in [-0.39, 0.29) is 13.1 Å². The molecule has 0 rings (SSSR count). The van der Waals surface area contributed by atoms with Gasteiger partial charge in [-0.2, -0.15) is 35.1 Å². The smallest absolute Gasteiger partial charge is 0.444 e. The number of carbonyl (C=O) groups is 1. The highest BCUT2D eigenvalue weighted by Crippen LogP contribution is 2.39. The molecule has 0 saturated heterocycles. The van der Waals surface area contributed by atoms with Gasteiger partial charge < -0.3 is 4.74 Å². The summed E-state index contributed by atoms with van der Waals surface area (Å²) in [4.78, 5) is 12.5. The number of alkyl halides is 8. The Balaban J connectivity index is 5.93. The predicted octanol–water partition coefficient (Wildman–Crippen LogP) is 1.16. The van der Waals surface area contributed by atoms with Gasteiger partial charge in [0.15, 0.2) is 0 Å². The van der Waals surface area contributed by atoms with E-state index in [2.05, 4.69) is 4.74 Å². The third-order valence-electron chi connectivity index (χ3n) is 2.98. The fourth-order valence-corrected chi connectivity index (χ4v) is 3.95. The van der Waals surface area contributed by atoms with Gasteiger partial charge in [0.25, 0.3) is 16.1 Å². The monoisotopic (exact) mass is 474 g/mol. The number of nitrogens with one attached hydrogen (secondary N) is 1. The first kappa shape index (κ1) is 26.7. The van der Waals surface area contributed by atoms with Gasteiger partial charge >= 0.3 is 32.9 Å². The number of carbonyl (C=O) groups excluding carboxylic acids is 1. The highest BCUT2D eigenvalue weighted by atomic mass is 32.3. The Morgan fingerprint density at radius 1 is 0.929 bits per heavy atom. The maximum Gasteiger partial charge on any atom is 0.512 e. The number of hydrogen-bond acceptors (Lipinski definition) is 7. The maximum absolute atomic E-state index is 13.8. The number of hydrogen-bond donors (Lipinski definition) is 1. The van der Waals surface area contributed by atoms with Crippen molar-refractivity contribution in [3.63, 3.8) is 0 Å². The van der Waals surface area contributed by atoms with Crippen LogP contribution in [0.3, 0.4) is 0 Å². The Labute approximate surface area is 153 Å². The predicted molar refractivity (Wildman–Crippen MR) is 75.7 cm³/mol. The van der Waals surface area contributed by atoms with E-state index in [0.717, 1.165) is 4.90 Å². The molecule has 1 unspecified atom stereocenters. The third-order valence-corrected chi connectivity index (χ3v) is 6.28. The minimum absolute atomic E-state index is 0.0579. The van der Waals surface area contributed by atoms with Crippen LogP contribution in [0, 0.1) is 0 Å². The van der Waals surface area contributed by atoms with Crippen molar-refractivity contribution in [3.8, 4) is 0 Å². The molecule has 0 aromatic heterocycles. The molecule has 0 heterocycles. The van der Waals surface area contributed by atoms with Gasteiger partial charge in [-0.1, -0.05) is 18.0 Å². The summed E-state index contributed by atoms with van der Waals surface area (Å²) in [7, 11) is -14.2. The standard InChI is InChI=1S/C10H14F8N2O6S2/c1-3-20(4-2)5-6(21)26-7(8(11,12)13)9(14,15)27(22,23)19-28(24,25)10(16,17)18/h7,19H,3-5H2,1-2H3. The number of nitrogens with zero attached hydrogens (tertiary/aromatic N) is 1. The summed E-state index contributed by atoms with van der Waals surface area (Å²) in [6.45, 7) is 2.00. The Morgan fingerprint density at radius 3 is 1.68 bits per heavy atom. The molecule has 1 atom stereocenters. The number of rotatable bonds is 9. The van der Waals surface area contributed by atoms with E-state index in [4.69, 9.17) is 0 Å². The molecule has 0 aliphatic heterocycles. The zero-order valence-electron chi connectivity index (χ0n) is 13.9. The van der Waals surface area contributed by atoms with Gasteiger partial charge in [0, 0.05) is 0 Å². The van der Waals surface area contributed by atoms with Crippen LogP contribution in [0.1, 0.15) is 13.8 Å². The van der Waals surface area contributed by atoms with Crippen LogP contribution in [0.25, 0.3) is 0 Å². The Kier molecular flexibility index (Phi) is 8.23. The van der Waals surface area contributed by atoms with E-state index in [1.165, 1.54) is 13.8 Å². The average molecular weight is 474 g/mol. The summed E-state index contributed by atoms with van der Waals surface area (Å²) in [6.07, 6.45) is -11.1. The quantitative estimate of drug-likeness (QED) is 0.395. The molecule has 0 aliphatic rings. The lowest BCUT2D eigenvalue weighted by molar-refractivity contribution is -0.258. The van der Waals surface area contributed by atoms with Crippen molar-refractivity contribution in [3.05, 3.63) is 0 Å². The second-order valence-corrected chi connectivity index (χ2v) is 8.66. The Morgan fingerprint density at radius 2 is 1.36 bits per heavy atom. The summed E-state index contributed by atoms with van der Waals surface area (Å²) in [5.74, 6) is -1.97.